The van der Waals surface area contributed by atoms with Gasteiger partial charge >= 0.3 is 0 Å². The van der Waals surface area contributed by atoms with Crippen molar-refractivity contribution in [3.05, 3.63) is 67.3 Å². The molecule has 1 nitrogen and oxygen atoms in total. The van der Waals surface area contributed by atoms with Gasteiger partial charge < -0.3 is 0 Å². The molecule has 86 valence electrons. The molecule has 0 fully saturated rings. The predicted octanol–water partition coefficient (Wildman–Crippen LogP) is 4.15. The summed E-state index contributed by atoms with van der Waals surface area (Å²) in [5.74, 6) is 0. The summed E-state index contributed by atoms with van der Waals surface area (Å²) in [5, 5.41) is 2.40. The number of nitrogens with zero attached hydrogens (tertiary/aromatic N) is 1. The molecule has 0 unspecified atom stereocenters. The Balaban J connectivity index is 0.000000267. The highest BCUT2D eigenvalue weighted by Crippen LogP contribution is 2.18. The molecule has 3 aromatic rings. The smallest absolute Gasteiger partial charge is 0.0709 e. The number of allylic oxidation sites excluding steroid dienone is 1. The van der Waals surface area contributed by atoms with Gasteiger partial charge in [0.2, 0.25) is 0 Å². The summed E-state index contributed by atoms with van der Waals surface area (Å²) in [7, 11) is 4.91. The van der Waals surface area contributed by atoms with E-state index in [1.807, 2.05) is 36.4 Å². The molecule has 0 aliphatic carbocycles. The quantitative estimate of drug-likeness (QED) is 0.348. The van der Waals surface area contributed by atoms with Crippen LogP contribution in [0, 0.1) is 0 Å². The Morgan fingerprint density at radius 2 is 1.39 bits per heavy atom. The van der Waals surface area contributed by atoms with Crippen LogP contribution in [0.15, 0.2) is 67.3 Å². The van der Waals surface area contributed by atoms with Crippen LogP contribution >= 0.6 is 0 Å². The van der Waals surface area contributed by atoms with E-state index in [0.29, 0.717) is 6.32 Å². The fourth-order valence-corrected chi connectivity index (χ4v) is 1.72. The SMILES string of the molecule is [B]CC=C.c1ccc2nc3ccccc3cc2c1. The number of rotatable bonds is 1. The van der Waals surface area contributed by atoms with Crippen molar-refractivity contribution in [1.82, 2.24) is 4.98 Å². The van der Waals surface area contributed by atoms with Gasteiger partial charge in [-0.05, 0) is 18.2 Å². The van der Waals surface area contributed by atoms with Crippen LogP contribution in [0.2, 0.25) is 6.32 Å². The summed E-state index contributed by atoms with van der Waals surface area (Å²) in [6.45, 7) is 3.35. The highest BCUT2D eigenvalue weighted by atomic mass is 14.7. The summed E-state index contributed by atoms with van der Waals surface area (Å²) in [4.78, 5) is 4.58. The average Bonchev–Trinajstić information content (AvgIpc) is 2.45. The van der Waals surface area contributed by atoms with Crippen LogP contribution < -0.4 is 0 Å². The van der Waals surface area contributed by atoms with Crippen LogP contribution in [0.5, 0.6) is 0 Å². The van der Waals surface area contributed by atoms with E-state index in [1.165, 1.54) is 10.8 Å². The monoisotopic (exact) mass is 231 g/mol. The number of pyridine rings is 1. The Morgan fingerprint density at radius 3 is 1.83 bits per heavy atom. The molecule has 0 amide bonds. The van der Waals surface area contributed by atoms with Crippen LogP contribution in [0.4, 0.5) is 0 Å². The maximum absolute atomic E-state index is 4.91. The fraction of sp³-hybridized carbons (Fsp3) is 0.0625. The Hall–Kier alpha value is -2.09. The van der Waals surface area contributed by atoms with Gasteiger partial charge in [-0.25, -0.2) is 4.98 Å². The van der Waals surface area contributed by atoms with Crippen LogP contribution in [0.25, 0.3) is 21.8 Å². The van der Waals surface area contributed by atoms with Crippen molar-refractivity contribution in [1.29, 1.82) is 0 Å². The summed E-state index contributed by atoms with van der Waals surface area (Å²) >= 11 is 0. The minimum absolute atomic E-state index is 0.583. The molecule has 2 heteroatoms. The second-order valence-electron chi connectivity index (χ2n) is 3.90. The predicted molar refractivity (Wildman–Crippen MR) is 80.0 cm³/mol. The number of aromatic nitrogens is 1. The van der Waals surface area contributed by atoms with E-state index < -0.39 is 0 Å². The lowest BCUT2D eigenvalue weighted by Crippen LogP contribution is -1.80. The molecule has 0 N–H and O–H groups in total. The lowest BCUT2D eigenvalue weighted by molar-refractivity contribution is 1.50. The van der Waals surface area contributed by atoms with Crippen LogP contribution in [-0.2, 0) is 0 Å². The van der Waals surface area contributed by atoms with Gasteiger partial charge in [0.25, 0.3) is 0 Å². The zero-order valence-electron chi connectivity index (χ0n) is 10.2. The first-order valence-electron chi connectivity index (χ1n) is 5.90. The molecular formula is C16H14BN. The minimum atomic E-state index is 0.583. The van der Waals surface area contributed by atoms with Crippen LogP contribution in [-0.4, -0.2) is 12.8 Å². The molecule has 0 saturated carbocycles. The molecule has 18 heavy (non-hydrogen) atoms. The van der Waals surface area contributed by atoms with E-state index >= 15 is 0 Å². The molecule has 1 heterocycles. The van der Waals surface area contributed by atoms with Crippen molar-refractivity contribution in [2.75, 3.05) is 0 Å². The summed E-state index contributed by atoms with van der Waals surface area (Å²) in [5.41, 5.74) is 2.12. The molecule has 0 aliphatic rings. The van der Waals surface area contributed by atoms with Crippen molar-refractivity contribution < 1.29 is 0 Å². The zero-order chi connectivity index (χ0) is 12.8. The average molecular weight is 231 g/mol. The van der Waals surface area contributed by atoms with Gasteiger partial charge in [-0.3, -0.25) is 0 Å². The van der Waals surface area contributed by atoms with Gasteiger partial charge in [0.15, 0.2) is 0 Å². The van der Waals surface area contributed by atoms with Crippen LogP contribution in [0.1, 0.15) is 0 Å². The van der Waals surface area contributed by atoms with E-state index in [2.05, 4.69) is 29.8 Å². The summed E-state index contributed by atoms with van der Waals surface area (Å²) in [6.07, 6.45) is 2.24. The lowest BCUT2D eigenvalue weighted by Gasteiger charge is -1.99. The van der Waals surface area contributed by atoms with Gasteiger partial charge in [0.1, 0.15) is 0 Å². The minimum Gasteiger partial charge on any atom is -0.248 e. The maximum atomic E-state index is 4.91. The van der Waals surface area contributed by atoms with Crippen molar-refractivity contribution >= 4 is 29.7 Å². The number of hydrogen-bond acceptors (Lipinski definition) is 1. The van der Waals surface area contributed by atoms with Gasteiger partial charge in [0, 0.05) is 10.8 Å². The second kappa shape index (κ2) is 6.01. The van der Waals surface area contributed by atoms with E-state index in [-0.39, 0.29) is 0 Å². The van der Waals surface area contributed by atoms with Crippen molar-refractivity contribution in [2.45, 2.75) is 6.32 Å². The zero-order valence-corrected chi connectivity index (χ0v) is 10.2. The van der Waals surface area contributed by atoms with Crippen molar-refractivity contribution in [3.8, 4) is 0 Å². The number of hydrogen-bond donors (Lipinski definition) is 0. The standard InChI is InChI=1S/C13H9N.C3H5B/c1-3-7-12-10(5-1)9-11-6-2-4-8-13(11)14-12;1-2-3-4/h1-9H;2H,1,3H2. The Bertz CT molecular complexity index is 556. The summed E-state index contributed by atoms with van der Waals surface area (Å²) < 4.78 is 0. The van der Waals surface area contributed by atoms with E-state index in [9.17, 15) is 0 Å². The van der Waals surface area contributed by atoms with Gasteiger partial charge in [-0.2, -0.15) is 0 Å². The first-order chi connectivity index (χ1) is 8.85. The lowest BCUT2D eigenvalue weighted by atomic mass is 10.1. The number of fused-ring (bicyclic) bond motifs is 2. The van der Waals surface area contributed by atoms with Gasteiger partial charge in [-0.1, -0.05) is 42.7 Å². The third kappa shape index (κ3) is 2.78. The molecule has 0 aliphatic heterocycles. The molecule has 1 aromatic heterocycles. The first-order valence-corrected chi connectivity index (χ1v) is 5.90. The molecule has 3 rings (SSSR count). The van der Waals surface area contributed by atoms with Crippen LogP contribution in [0.3, 0.4) is 0 Å². The molecule has 2 radical (unpaired) electrons. The largest absolute Gasteiger partial charge is 0.248 e. The molecule has 2 aromatic carbocycles. The normalized spacial score (nSPS) is 9.78. The fourth-order valence-electron chi connectivity index (χ4n) is 1.72. The third-order valence-corrected chi connectivity index (χ3v) is 2.59. The molecular weight excluding hydrogens is 217 g/mol. The number of benzene rings is 2. The van der Waals surface area contributed by atoms with Gasteiger partial charge in [-0.15, -0.1) is 12.7 Å². The van der Waals surface area contributed by atoms with Crippen molar-refractivity contribution in [3.63, 3.8) is 0 Å². The maximum Gasteiger partial charge on any atom is 0.0709 e. The first kappa shape index (κ1) is 12.4. The number of para-hydroxylation sites is 2. The summed E-state index contributed by atoms with van der Waals surface area (Å²) in [6, 6.07) is 18.6. The topological polar surface area (TPSA) is 12.9 Å². The third-order valence-electron chi connectivity index (χ3n) is 2.59. The van der Waals surface area contributed by atoms with E-state index in [4.69, 9.17) is 7.85 Å². The molecule has 0 spiro atoms. The second-order valence-corrected chi connectivity index (χ2v) is 3.90. The Kier molecular flexibility index (Phi) is 4.13. The van der Waals surface area contributed by atoms with E-state index in [0.717, 1.165) is 11.0 Å². The Morgan fingerprint density at radius 1 is 0.944 bits per heavy atom. The Labute approximate surface area is 109 Å². The van der Waals surface area contributed by atoms with Crippen molar-refractivity contribution in [2.24, 2.45) is 0 Å². The molecule has 0 bridgehead atoms. The van der Waals surface area contributed by atoms with Gasteiger partial charge in [0.05, 0.1) is 18.9 Å². The molecule has 0 saturated heterocycles. The highest BCUT2D eigenvalue weighted by molar-refractivity contribution is 6.09. The molecule has 0 atom stereocenters. The van der Waals surface area contributed by atoms with E-state index in [1.54, 1.807) is 6.08 Å². The highest BCUT2D eigenvalue weighted by Gasteiger charge is 1.96.